The highest BCUT2D eigenvalue weighted by atomic mass is 35.5. The van der Waals surface area contributed by atoms with E-state index in [0.717, 1.165) is 6.54 Å². The van der Waals surface area contributed by atoms with Crippen molar-refractivity contribution < 1.29 is 0 Å². The van der Waals surface area contributed by atoms with Gasteiger partial charge in [-0.1, -0.05) is 48.7 Å². The van der Waals surface area contributed by atoms with Gasteiger partial charge in [0.25, 0.3) is 0 Å². The first-order valence-corrected chi connectivity index (χ1v) is 5.39. The minimum absolute atomic E-state index is 0.266. The summed E-state index contributed by atoms with van der Waals surface area (Å²) in [5.41, 5.74) is 0. The van der Waals surface area contributed by atoms with Crippen LogP contribution in [-0.4, -0.2) is 11.5 Å². The number of hydrogen-bond donors (Lipinski definition) is 1. The van der Waals surface area contributed by atoms with E-state index in [9.17, 15) is 0 Å². The molecule has 0 spiro atoms. The fraction of sp³-hybridized carbons (Fsp3) is 0.444. The molecular weight excluding hydrogens is 242 g/mol. The molecule has 0 fully saturated rings. The third-order valence-corrected chi connectivity index (χ3v) is 2.53. The fourth-order valence-electron chi connectivity index (χ4n) is 0.869. The van der Waals surface area contributed by atoms with E-state index in [1.54, 1.807) is 6.07 Å². The van der Waals surface area contributed by atoms with Gasteiger partial charge in [0.1, 0.15) is 11.0 Å². The van der Waals surface area contributed by atoms with Gasteiger partial charge in [-0.25, -0.2) is 4.98 Å². The van der Waals surface area contributed by atoms with Gasteiger partial charge in [-0.3, -0.25) is 0 Å². The van der Waals surface area contributed by atoms with E-state index in [1.807, 2.05) is 0 Å². The summed E-state index contributed by atoms with van der Waals surface area (Å²) >= 11 is 17.4. The highest BCUT2D eigenvalue weighted by Gasteiger charge is 2.07. The zero-order chi connectivity index (χ0) is 10.7. The predicted octanol–water partition coefficient (Wildman–Crippen LogP) is 4.11. The van der Waals surface area contributed by atoms with Crippen molar-refractivity contribution in [1.29, 1.82) is 0 Å². The monoisotopic (exact) mass is 252 g/mol. The maximum Gasteiger partial charge on any atom is 0.150 e. The number of anilines is 1. The molecule has 0 aliphatic heterocycles. The lowest BCUT2D eigenvalue weighted by Crippen LogP contribution is -2.09. The van der Waals surface area contributed by atoms with Crippen LogP contribution in [0.25, 0.3) is 0 Å². The van der Waals surface area contributed by atoms with Crippen LogP contribution in [0.1, 0.15) is 13.8 Å². The number of nitrogens with zero attached hydrogens (tertiary/aromatic N) is 1. The summed E-state index contributed by atoms with van der Waals surface area (Å²) in [5, 5.41) is 4.21. The number of pyridine rings is 1. The van der Waals surface area contributed by atoms with Crippen LogP contribution in [0.2, 0.25) is 15.2 Å². The Morgan fingerprint density at radius 3 is 2.50 bits per heavy atom. The fourth-order valence-corrected chi connectivity index (χ4v) is 1.43. The molecule has 2 nitrogen and oxygen atoms in total. The van der Waals surface area contributed by atoms with Gasteiger partial charge < -0.3 is 5.32 Å². The molecule has 1 rings (SSSR count). The number of nitrogens with one attached hydrogen (secondary N) is 1. The Kier molecular flexibility index (Phi) is 4.30. The molecule has 0 aliphatic carbocycles. The number of halogens is 3. The van der Waals surface area contributed by atoms with E-state index in [1.165, 1.54) is 0 Å². The van der Waals surface area contributed by atoms with Crippen LogP contribution in [0.3, 0.4) is 0 Å². The van der Waals surface area contributed by atoms with Gasteiger partial charge in [0.2, 0.25) is 0 Å². The first kappa shape index (κ1) is 11.9. The standard InChI is InChI=1S/C9H11Cl3N2/c1-5(2)4-13-9-7(11)3-6(10)8(12)14-9/h3,5H,4H2,1-2H3,(H,13,14). The van der Waals surface area contributed by atoms with Crippen molar-refractivity contribution in [2.24, 2.45) is 5.92 Å². The zero-order valence-corrected chi connectivity index (χ0v) is 10.2. The van der Waals surface area contributed by atoms with Gasteiger partial charge in [-0.05, 0) is 12.0 Å². The molecule has 1 aromatic rings. The van der Waals surface area contributed by atoms with Crippen molar-refractivity contribution in [1.82, 2.24) is 4.98 Å². The van der Waals surface area contributed by atoms with Crippen LogP contribution >= 0.6 is 34.8 Å². The summed E-state index contributed by atoms with van der Waals surface area (Å²) in [5.74, 6) is 1.09. The molecule has 1 aromatic heterocycles. The van der Waals surface area contributed by atoms with Gasteiger partial charge in [0.15, 0.2) is 0 Å². The molecule has 0 atom stereocenters. The maximum atomic E-state index is 5.92. The molecule has 1 N–H and O–H groups in total. The lowest BCUT2D eigenvalue weighted by molar-refractivity contribution is 0.687. The molecule has 5 heteroatoms. The molecule has 0 radical (unpaired) electrons. The Morgan fingerprint density at radius 2 is 1.93 bits per heavy atom. The molecule has 0 unspecified atom stereocenters. The average molecular weight is 254 g/mol. The third-order valence-electron chi connectivity index (χ3n) is 1.56. The van der Waals surface area contributed by atoms with Crippen molar-refractivity contribution in [3.63, 3.8) is 0 Å². The van der Waals surface area contributed by atoms with E-state index < -0.39 is 0 Å². The minimum atomic E-state index is 0.266. The molecule has 0 aromatic carbocycles. The Bertz CT molecular complexity index is 326. The summed E-state index contributed by atoms with van der Waals surface area (Å²) in [6.07, 6.45) is 0. The summed E-state index contributed by atoms with van der Waals surface area (Å²) in [6, 6.07) is 1.58. The Hall–Kier alpha value is -0.180. The van der Waals surface area contributed by atoms with Gasteiger partial charge in [-0.15, -0.1) is 0 Å². The number of aromatic nitrogens is 1. The smallest absolute Gasteiger partial charge is 0.150 e. The van der Waals surface area contributed by atoms with E-state index in [-0.39, 0.29) is 5.15 Å². The van der Waals surface area contributed by atoms with Crippen molar-refractivity contribution in [2.45, 2.75) is 13.8 Å². The molecule has 0 amide bonds. The molecule has 0 aliphatic rings. The Labute approximate surface area is 98.6 Å². The second-order valence-corrected chi connectivity index (χ2v) is 4.54. The van der Waals surface area contributed by atoms with Crippen LogP contribution in [0.15, 0.2) is 6.07 Å². The van der Waals surface area contributed by atoms with Crippen LogP contribution in [-0.2, 0) is 0 Å². The zero-order valence-electron chi connectivity index (χ0n) is 7.94. The van der Waals surface area contributed by atoms with Gasteiger partial charge in [0.05, 0.1) is 10.0 Å². The molecule has 0 bridgehead atoms. The largest absolute Gasteiger partial charge is 0.369 e. The van der Waals surface area contributed by atoms with E-state index in [4.69, 9.17) is 34.8 Å². The van der Waals surface area contributed by atoms with Crippen molar-refractivity contribution in [2.75, 3.05) is 11.9 Å². The van der Waals surface area contributed by atoms with Gasteiger partial charge >= 0.3 is 0 Å². The minimum Gasteiger partial charge on any atom is -0.369 e. The topological polar surface area (TPSA) is 24.9 Å². The first-order valence-electron chi connectivity index (χ1n) is 4.26. The first-order chi connectivity index (χ1) is 6.50. The molecule has 0 saturated carbocycles. The van der Waals surface area contributed by atoms with Gasteiger partial charge in [-0.2, -0.15) is 0 Å². The predicted molar refractivity (Wildman–Crippen MR) is 62.6 cm³/mol. The molecule has 14 heavy (non-hydrogen) atoms. The van der Waals surface area contributed by atoms with Crippen LogP contribution < -0.4 is 5.32 Å². The summed E-state index contributed by atoms with van der Waals surface area (Å²) < 4.78 is 0. The SMILES string of the molecule is CC(C)CNc1nc(Cl)c(Cl)cc1Cl. The van der Waals surface area contributed by atoms with Crippen molar-refractivity contribution >= 4 is 40.6 Å². The highest BCUT2D eigenvalue weighted by Crippen LogP contribution is 2.28. The molecular formula is C9H11Cl3N2. The second-order valence-electron chi connectivity index (χ2n) is 3.37. The average Bonchev–Trinajstić information content (AvgIpc) is 2.09. The van der Waals surface area contributed by atoms with Crippen LogP contribution in [0.4, 0.5) is 5.82 Å². The number of rotatable bonds is 3. The molecule has 1 heterocycles. The second kappa shape index (κ2) is 5.06. The normalized spacial score (nSPS) is 10.7. The van der Waals surface area contributed by atoms with Crippen molar-refractivity contribution in [3.8, 4) is 0 Å². The Balaban J connectivity index is 2.82. The highest BCUT2D eigenvalue weighted by molar-refractivity contribution is 6.42. The van der Waals surface area contributed by atoms with E-state index in [2.05, 4.69) is 24.1 Å². The van der Waals surface area contributed by atoms with E-state index >= 15 is 0 Å². The van der Waals surface area contributed by atoms with Crippen molar-refractivity contribution in [3.05, 3.63) is 21.3 Å². The summed E-state index contributed by atoms with van der Waals surface area (Å²) in [7, 11) is 0. The molecule has 0 saturated heterocycles. The van der Waals surface area contributed by atoms with Crippen LogP contribution in [0, 0.1) is 5.92 Å². The van der Waals surface area contributed by atoms with E-state index in [0.29, 0.717) is 21.8 Å². The van der Waals surface area contributed by atoms with Gasteiger partial charge in [0, 0.05) is 6.54 Å². The Morgan fingerprint density at radius 1 is 1.29 bits per heavy atom. The maximum absolute atomic E-state index is 5.92. The third kappa shape index (κ3) is 3.19. The lowest BCUT2D eigenvalue weighted by Gasteiger charge is -2.10. The summed E-state index contributed by atoms with van der Waals surface area (Å²) in [6.45, 7) is 4.99. The van der Waals surface area contributed by atoms with Crippen LogP contribution in [0.5, 0.6) is 0 Å². The summed E-state index contributed by atoms with van der Waals surface area (Å²) in [4.78, 5) is 4.03. The lowest BCUT2D eigenvalue weighted by atomic mass is 10.2. The quantitative estimate of drug-likeness (QED) is 0.820. The molecule has 78 valence electrons. The number of hydrogen-bond acceptors (Lipinski definition) is 2.